The minimum absolute atomic E-state index is 1.03. The number of rotatable bonds is 3. The Hall–Kier alpha value is -1.54. The van der Waals surface area contributed by atoms with E-state index in [-0.39, 0.29) is 0 Å². The second kappa shape index (κ2) is 5.52. The number of hydrogen-bond donors (Lipinski definition) is 0. The Balaban J connectivity index is 2.24. The van der Waals surface area contributed by atoms with Crippen molar-refractivity contribution < 1.29 is 0 Å². The topological polar surface area (TPSA) is 12.4 Å². The van der Waals surface area contributed by atoms with Crippen LogP contribution in [0.2, 0.25) is 0 Å². The first kappa shape index (κ1) is 11.0. The number of para-hydroxylation sites is 1. The summed E-state index contributed by atoms with van der Waals surface area (Å²) in [5, 5.41) is 0. The van der Waals surface area contributed by atoms with Gasteiger partial charge in [0.05, 0.1) is 5.69 Å². The van der Waals surface area contributed by atoms with Crippen LogP contribution in [0.25, 0.3) is 0 Å². The lowest BCUT2D eigenvalue weighted by molar-refractivity contribution is 1.38. The summed E-state index contributed by atoms with van der Waals surface area (Å²) >= 11 is 1.72. The molecule has 16 heavy (non-hydrogen) atoms. The average molecular weight is 227 g/mol. The predicted octanol–water partition coefficient (Wildman–Crippen LogP) is 4.16. The van der Waals surface area contributed by atoms with E-state index in [1.807, 2.05) is 54.7 Å². The Labute approximate surface area is 100 Å². The fourth-order valence-corrected chi connectivity index (χ4v) is 1.96. The Morgan fingerprint density at radius 2 is 1.62 bits per heavy atom. The lowest BCUT2D eigenvalue weighted by Crippen LogP contribution is -1.79. The molecule has 0 amide bonds. The van der Waals surface area contributed by atoms with Crippen LogP contribution in [0.15, 0.2) is 64.5 Å². The molecule has 1 nitrogen and oxygen atoms in total. The van der Waals surface area contributed by atoms with Crippen LogP contribution >= 0.6 is 11.8 Å². The van der Waals surface area contributed by atoms with Gasteiger partial charge < -0.3 is 0 Å². The summed E-state index contributed by atoms with van der Waals surface area (Å²) in [6.45, 7) is 0. The third-order valence-corrected chi connectivity index (χ3v) is 3.02. The summed E-state index contributed by atoms with van der Waals surface area (Å²) in [7, 11) is 0. The van der Waals surface area contributed by atoms with Gasteiger partial charge >= 0.3 is 0 Å². The highest BCUT2D eigenvalue weighted by atomic mass is 32.2. The first-order chi connectivity index (χ1) is 7.90. The molecule has 0 aliphatic carbocycles. The number of nitrogens with zero attached hydrogens (tertiary/aromatic N) is 1. The van der Waals surface area contributed by atoms with Crippen molar-refractivity contribution in [2.75, 3.05) is 6.26 Å². The molecule has 2 rings (SSSR count). The fourth-order valence-electron chi connectivity index (χ4n) is 1.42. The summed E-state index contributed by atoms with van der Waals surface area (Å²) in [5.41, 5.74) is 2.15. The molecule has 0 unspecified atom stereocenters. The number of hydrogen-bond acceptors (Lipinski definition) is 2. The third kappa shape index (κ3) is 2.74. The summed E-state index contributed by atoms with van der Waals surface area (Å²) in [6.07, 6.45) is 3.96. The van der Waals surface area contributed by atoms with Crippen molar-refractivity contribution in [1.82, 2.24) is 0 Å². The third-order valence-electron chi connectivity index (χ3n) is 2.24. The maximum atomic E-state index is 4.50. The second-order valence-corrected chi connectivity index (χ2v) is 4.19. The largest absolute Gasteiger partial charge is 0.255 e. The van der Waals surface area contributed by atoms with E-state index in [4.69, 9.17) is 0 Å². The Morgan fingerprint density at radius 3 is 2.38 bits per heavy atom. The monoisotopic (exact) mass is 227 g/mol. The molecular weight excluding hydrogens is 214 g/mol. The molecule has 0 spiro atoms. The molecule has 0 saturated carbocycles. The first-order valence-corrected chi connectivity index (χ1v) is 6.35. The van der Waals surface area contributed by atoms with Crippen molar-refractivity contribution in [2.45, 2.75) is 4.90 Å². The molecule has 2 heteroatoms. The minimum Gasteiger partial charge on any atom is -0.255 e. The van der Waals surface area contributed by atoms with E-state index in [0.29, 0.717) is 0 Å². The lowest BCUT2D eigenvalue weighted by atomic mass is 10.2. The van der Waals surface area contributed by atoms with Gasteiger partial charge in [-0.2, -0.15) is 0 Å². The van der Waals surface area contributed by atoms with E-state index in [0.717, 1.165) is 11.3 Å². The van der Waals surface area contributed by atoms with Gasteiger partial charge in [0.15, 0.2) is 0 Å². The Bertz CT molecular complexity index is 477. The van der Waals surface area contributed by atoms with Crippen LogP contribution in [0.3, 0.4) is 0 Å². The molecule has 2 aromatic rings. The molecule has 0 heterocycles. The van der Waals surface area contributed by atoms with Gasteiger partial charge in [0.1, 0.15) is 0 Å². The zero-order chi connectivity index (χ0) is 11.2. The highest BCUT2D eigenvalue weighted by Gasteiger charge is 1.96. The minimum atomic E-state index is 1.03. The zero-order valence-corrected chi connectivity index (χ0v) is 9.95. The first-order valence-electron chi connectivity index (χ1n) is 5.12. The van der Waals surface area contributed by atoms with Crippen LogP contribution in [-0.4, -0.2) is 12.5 Å². The zero-order valence-electron chi connectivity index (χ0n) is 9.13. The molecule has 0 radical (unpaired) electrons. The van der Waals surface area contributed by atoms with Crippen LogP contribution in [0, 0.1) is 0 Å². The van der Waals surface area contributed by atoms with Crippen LogP contribution in [0.5, 0.6) is 0 Å². The van der Waals surface area contributed by atoms with Gasteiger partial charge in [-0.15, -0.1) is 11.8 Å². The van der Waals surface area contributed by atoms with E-state index >= 15 is 0 Å². The molecule has 0 aliphatic heterocycles. The summed E-state index contributed by atoms with van der Waals surface area (Å²) < 4.78 is 0. The van der Waals surface area contributed by atoms with Gasteiger partial charge in [0.25, 0.3) is 0 Å². The average Bonchev–Trinajstić information content (AvgIpc) is 2.38. The van der Waals surface area contributed by atoms with E-state index < -0.39 is 0 Å². The lowest BCUT2D eigenvalue weighted by Gasteiger charge is -2.00. The molecule has 0 aromatic heterocycles. The number of benzene rings is 2. The molecule has 0 atom stereocenters. The van der Waals surface area contributed by atoms with Gasteiger partial charge in [-0.1, -0.05) is 42.5 Å². The van der Waals surface area contributed by atoms with E-state index in [1.54, 1.807) is 11.8 Å². The van der Waals surface area contributed by atoms with Crippen LogP contribution in [0.1, 0.15) is 5.56 Å². The molecule has 0 aliphatic rings. The highest BCUT2D eigenvalue weighted by molar-refractivity contribution is 7.98. The molecule has 0 N–H and O–H groups in total. The number of aliphatic imine (C=N–C) groups is 1. The van der Waals surface area contributed by atoms with Crippen molar-refractivity contribution >= 4 is 23.7 Å². The van der Waals surface area contributed by atoms with E-state index in [9.17, 15) is 0 Å². The fraction of sp³-hybridized carbons (Fsp3) is 0.0714. The van der Waals surface area contributed by atoms with Gasteiger partial charge in [-0.3, -0.25) is 4.99 Å². The van der Waals surface area contributed by atoms with Gasteiger partial charge in [-0.25, -0.2) is 0 Å². The Morgan fingerprint density at radius 1 is 0.938 bits per heavy atom. The normalized spacial score (nSPS) is 10.8. The summed E-state index contributed by atoms with van der Waals surface area (Å²) in [5.74, 6) is 0. The van der Waals surface area contributed by atoms with Crippen molar-refractivity contribution in [3.63, 3.8) is 0 Å². The van der Waals surface area contributed by atoms with Gasteiger partial charge in [-0.05, 0) is 24.0 Å². The smallest absolute Gasteiger partial charge is 0.0765 e. The number of thioether (sulfide) groups is 1. The molecule has 80 valence electrons. The van der Waals surface area contributed by atoms with E-state index in [1.165, 1.54) is 4.90 Å². The molecule has 0 bridgehead atoms. The Kier molecular flexibility index (Phi) is 3.78. The quantitative estimate of drug-likeness (QED) is 0.566. The summed E-state index contributed by atoms with van der Waals surface area (Å²) in [6, 6.07) is 18.3. The van der Waals surface area contributed by atoms with Crippen LogP contribution in [0.4, 0.5) is 5.69 Å². The van der Waals surface area contributed by atoms with Crippen molar-refractivity contribution in [3.05, 3.63) is 60.2 Å². The second-order valence-electron chi connectivity index (χ2n) is 3.34. The van der Waals surface area contributed by atoms with Crippen LogP contribution < -0.4 is 0 Å². The van der Waals surface area contributed by atoms with Crippen molar-refractivity contribution in [2.24, 2.45) is 4.99 Å². The predicted molar refractivity (Wildman–Crippen MR) is 71.9 cm³/mol. The molecule has 0 saturated heterocycles. The van der Waals surface area contributed by atoms with Gasteiger partial charge in [0.2, 0.25) is 0 Å². The maximum Gasteiger partial charge on any atom is 0.0765 e. The van der Waals surface area contributed by atoms with Gasteiger partial charge in [0, 0.05) is 11.1 Å². The standard InChI is InChI=1S/C14H13NS/c1-16-14-10-6-5-9-13(14)15-11-12-7-3-2-4-8-12/h2-11H,1H3. The molecular formula is C14H13NS. The van der Waals surface area contributed by atoms with Crippen LogP contribution in [-0.2, 0) is 0 Å². The van der Waals surface area contributed by atoms with E-state index in [2.05, 4.69) is 17.3 Å². The van der Waals surface area contributed by atoms with Crippen molar-refractivity contribution in [1.29, 1.82) is 0 Å². The SMILES string of the molecule is CSc1ccccc1N=Cc1ccccc1. The highest BCUT2D eigenvalue weighted by Crippen LogP contribution is 2.26. The molecule has 2 aromatic carbocycles. The molecule has 0 fully saturated rings. The summed E-state index contributed by atoms with van der Waals surface area (Å²) in [4.78, 5) is 5.70. The maximum absolute atomic E-state index is 4.50. The van der Waals surface area contributed by atoms with Crippen molar-refractivity contribution in [3.8, 4) is 0 Å².